The van der Waals surface area contributed by atoms with Crippen LogP contribution in [-0.4, -0.2) is 16.8 Å². The van der Waals surface area contributed by atoms with E-state index < -0.39 is 0 Å². The van der Waals surface area contributed by atoms with Crippen molar-refractivity contribution in [2.24, 2.45) is 0 Å². The Morgan fingerprint density at radius 2 is 1.70 bits per heavy atom. The van der Waals surface area contributed by atoms with Crippen LogP contribution in [0.1, 0.15) is 5.56 Å². The molecule has 0 radical (unpaired) electrons. The highest BCUT2D eigenvalue weighted by Crippen LogP contribution is 2.19. The van der Waals surface area contributed by atoms with Crippen molar-refractivity contribution in [1.82, 2.24) is 15.1 Å². The Morgan fingerprint density at radius 1 is 0.950 bits per heavy atom. The van der Waals surface area contributed by atoms with Gasteiger partial charge in [-0.1, -0.05) is 42.5 Å². The van der Waals surface area contributed by atoms with Gasteiger partial charge in [-0.15, -0.1) is 0 Å². The predicted molar refractivity (Wildman–Crippen MR) is 81.8 cm³/mol. The molecule has 3 rings (SSSR count). The SMILES string of the molecule is CNCc1ccc(-n2cc(-c3ccccc3)cn2)cc1. The van der Waals surface area contributed by atoms with Crippen LogP contribution in [0.2, 0.25) is 0 Å². The molecule has 3 heteroatoms. The second kappa shape index (κ2) is 5.72. The molecule has 2 aromatic carbocycles. The highest BCUT2D eigenvalue weighted by Gasteiger charge is 2.03. The van der Waals surface area contributed by atoms with E-state index in [4.69, 9.17) is 0 Å². The van der Waals surface area contributed by atoms with Gasteiger partial charge in [0, 0.05) is 18.3 Å². The van der Waals surface area contributed by atoms with Crippen molar-refractivity contribution in [3.8, 4) is 16.8 Å². The van der Waals surface area contributed by atoms with Gasteiger partial charge in [-0.3, -0.25) is 0 Å². The molecule has 1 aromatic heterocycles. The maximum atomic E-state index is 4.44. The number of nitrogens with one attached hydrogen (secondary N) is 1. The van der Waals surface area contributed by atoms with Crippen LogP contribution >= 0.6 is 0 Å². The monoisotopic (exact) mass is 263 g/mol. The van der Waals surface area contributed by atoms with Crippen LogP contribution in [0, 0.1) is 0 Å². The number of hydrogen-bond donors (Lipinski definition) is 1. The summed E-state index contributed by atoms with van der Waals surface area (Å²) in [5.41, 5.74) is 4.66. The number of aromatic nitrogens is 2. The summed E-state index contributed by atoms with van der Waals surface area (Å²) >= 11 is 0. The molecular weight excluding hydrogens is 246 g/mol. The van der Waals surface area contributed by atoms with Gasteiger partial charge in [-0.25, -0.2) is 4.68 Å². The van der Waals surface area contributed by atoms with Gasteiger partial charge in [-0.05, 0) is 30.3 Å². The van der Waals surface area contributed by atoms with Crippen molar-refractivity contribution >= 4 is 0 Å². The van der Waals surface area contributed by atoms with Crippen LogP contribution in [0.15, 0.2) is 67.0 Å². The molecule has 20 heavy (non-hydrogen) atoms. The van der Waals surface area contributed by atoms with E-state index in [1.165, 1.54) is 11.1 Å². The summed E-state index contributed by atoms with van der Waals surface area (Å²) in [6, 6.07) is 18.7. The van der Waals surface area contributed by atoms with E-state index in [2.05, 4.69) is 53.0 Å². The second-order valence-corrected chi connectivity index (χ2v) is 4.74. The Hall–Kier alpha value is -2.39. The largest absolute Gasteiger partial charge is 0.316 e. The zero-order chi connectivity index (χ0) is 13.8. The summed E-state index contributed by atoms with van der Waals surface area (Å²) in [4.78, 5) is 0. The van der Waals surface area contributed by atoms with Crippen molar-refractivity contribution in [2.45, 2.75) is 6.54 Å². The lowest BCUT2D eigenvalue weighted by Gasteiger charge is -2.03. The minimum absolute atomic E-state index is 0.884. The van der Waals surface area contributed by atoms with E-state index >= 15 is 0 Å². The highest BCUT2D eigenvalue weighted by molar-refractivity contribution is 5.62. The lowest BCUT2D eigenvalue weighted by atomic mass is 10.1. The van der Waals surface area contributed by atoms with Gasteiger partial charge in [0.05, 0.1) is 11.9 Å². The minimum Gasteiger partial charge on any atom is -0.316 e. The Balaban J connectivity index is 1.86. The third kappa shape index (κ3) is 2.63. The predicted octanol–water partition coefficient (Wildman–Crippen LogP) is 3.26. The van der Waals surface area contributed by atoms with E-state index in [1.807, 2.05) is 36.1 Å². The fraction of sp³-hybridized carbons (Fsp3) is 0.118. The molecule has 0 saturated heterocycles. The molecule has 1 N–H and O–H groups in total. The maximum Gasteiger partial charge on any atom is 0.0646 e. The van der Waals surface area contributed by atoms with Gasteiger partial charge in [0.25, 0.3) is 0 Å². The van der Waals surface area contributed by atoms with E-state index in [1.54, 1.807) is 0 Å². The molecular formula is C17H17N3. The van der Waals surface area contributed by atoms with Crippen LogP contribution in [0.5, 0.6) is 0 Å². The summed E-state index contributed by atoms with van der Waals surface area (Å²) in [5, 5.41) is 7.59. The molecule has 100 valence electrons. The number of rotatable bonds is 4. The molecule has 0 spiro atoms. The van der Waals surface area contributed by atoms with Crippen molar-refractivity contribution in [1.29, 1.82) is 0 Å². The quantitative estimate of drug-likeness (QED) is 0.783. The first kappa shape index (κ1) is 12.6. The first-order valence-electron chi connectivity index (χ1n) is 6.71. The van der Waals surface area contributed by atoms with Crippen LogP contribution < -0.4 is 5.32 Å². The number of nitrogens with zero attached hydrogens (tertiary/aromatic N) is 2. The second-order valence-electron chi connectivity index (χ2n) is 4.74. The third-order valence-corrected chi connectivity index (χ3v) is 3.27. The average molecular weight is 263 g/mol. The fourth-order valence-corrected chi connectivity index (χ4v) is 2.21. The Labute approximate surface area is 118 Å². The van der Waals surface area contributed by atoms with Crippen LogP contribution in [0.3, 0.4) is 0 Å². The summed E-state index contributed by atoms with van der Waals surface area (Å²) in [5.74, 6) is 0. The lowest BCUT2D eigenvalue weighted by molar-refractivity contribution is 0.815. The lowest BCUT2D eigenvalue weighted by Crippen LogP contribution is -2.05. The van der Waals surface area contributed by atoms with Gasteiger partial charge >= 0.3 is 0 Å². The standard InChI is InChI=1S/C17H17N3/c1-18-11-14-7-9-17(10-8-14)20-13-16(12-19-20)15-5-3-2-4-6-15/h2-10,12-13,18H,11H2,1H3. The highest BCUT2D eigenvalue weighted by atomic mass is 15.3. The van der Waals surface area contributed by atoms with Crippen LogP contribution in [0.25, 0.3) is 16.8 Å². The maximum absolute atomic E-state index is 4.44. The Morgan fingerprint density at radius 3 is 2.40 bits per heavy atom. The number of benzene rings is 2. The van der Waals surface area contributed by atoms with Gasteiger partial charge in [-0.2, -0.15) is 5.10 Å². The van der Waals surface area contributed by atoms with E-state index in [9.17, 15) is 0 Å². The zero-order valence-corrected chi connectivity index (χ0v) is 11.5. The van der Waals surface area contributed by atoms with E-state index in [0.717, 1.165) is 17.8 Å². The van der Waals surface area contributed by atoms with Crippen molar-refractivity contribution in [3.63, 3.8) is 0 Å². The smallest absolute Gasteiger partial charge is 0.0646 e. The minimum atomic E-state index is 0.884. The summed E-state index contributed by atoms with van der Waals surface area (Å²) in [7, 11) is 1.95. The molecule has 0 bridgehead atoms. The van der Waals surface area contributed by atoms with E-state index in [-0.39, 0.29) is 0 Å². The van der Waals surface area contributed by atoms with Gasteiger partial charge in [0.1, 0.15) is 0 Å². The van der Waals surface area contributed by atoms with Gasteiger partial charge in [0.15, 0.2) is 0 Å². The van der Waals surface area contributed by atoms with Crippen molar-refractivity contribution < 1.29 is 0 Å². The summed E-state index contributed by atoms with van der Waals surface area (Å²) in [6.45, 7) is 0.884. The molecule has 0 aliphatic rings. The first-order valence-corrected chi connectivity index (χ1v) is 6.71. The fourth-order valence-electron chi connectivity index (χ4n) is 2.21. The van der Waals surface area contributed by atoms with Gasteiger partial charge in [0.2, 0.25) is 0 Å². The van der Waals surface area contributed by atoms with Crippen molar-refractivity contribution in [2.75, 3.05) is 7.05 Å². The third-order valence-electron chi connectivity index (χ3n) is 3.27. The first-order chi connectivity index (χ1) is 9.86. The molecule has 0 saturated carbocycles. The Bertz CT molecular complexity index is 669. The normalized spacial score (nSPS) is 10.7. The summed E-state index contributed by atoms with van der Waals surface area (Å²) in [6.07, 6.45) is 3.96. The van der Waals surface area contributed by atoms with Crippen molar-refractivity contribution in [3.05, 3.63) is 72.6 Å². The molecule has 0 aliphatic heterocycles. The topological polar surface area (TPSA) is 29.9 Å². The molecule has 0 atom stereocenters. The zero-order valence-electron chi connectivity index (χ0n) is 11.5. The molecule has 3 nitrogen and oxygen atoms in total. The molecule has 0 unspecified atom stereocenters. The molecule has 1 heterocycles. The molecule has 0 aliphatic carbocycles. The molecule has 3 aromatic rings. The summed E-state index contributed by atoms with van der Waals surface area (Å²) < 4.78 is 1.91. The number of hydrogen-bond acceptors (Lipinski definition) is 2. The molecule has 0 fully saturated rings. The molecule has 0 amide bonds. The van der Waals surface area contributed by atoms with Crippen LogP contribution in [-0.2, 0) is 6.54 Å². The van der Waals surface area contributed by atoms with Gasteiger partial charge < -0.3 is 5.32 Å². The van der Waals surface area contributed by atoms with E-state index in [0.29, 0.717) is 0 Å². The Kier molecular flexibility index (Phi) is 3.61. The average Bonchev–Trinajstić information content (AvgIpc) is 2.99. The van der Waals surface area contributed by atoms with Crippen LogP contribution in [0.4, 0.5) is 0 Å².